The minimum atomic E-state index is -4.62. The van der Waals surface area contributed by atoms with Gasteiger partial charge in [0.2, 0.25) is 0 Å². The highest BCUT2D eigenvalue weighted by molar-refractivity contribution is 5.55. The molecule has 0 atom stereocenters. The number of hydrogen-bond donors (Lipinski definition) is 0. The molecular formula is C19H24F3N3O. The van der Waals surface area contributed by atoms with Crippen molar-refractivity contribution in [1.29, 1.82) is 0 Å². The summed E-state index contributed by atoms with van der Waals surface area (Å²) in [7, 11) is 0. The van der Waals surface area contributed by atoms with Gasteiger partial charge in [0.05, 0.1) is 18.0 Å². The summed E-state index contributed by atoms with van der Waals surface area (Å²) in [5, 5.41) is 0. The lowest BCUT2D eigenvalue weighted by atomic mass is 9.85. The Labute approximate surface area is 151 Å². The molecule has 0 amide bonds. The van der Waals surface area contributed by atoms with Crippen LogP contribution in [0.15, 0.2) is 24.4 Å². The minimum absolute atomic E-state index is 0.136. The first-order valence-corrected chi connectivity index (χ1v) is 8.49. The Morgan fingerprint density at radius 1 is 1.04 bits per heavy atom. The van der Waals surface area contributed by atoms with Gasteiger partial charge in [-0.1, -0.05) is 27.7 Å². The third-order valence-corrected chi connectivity index (χ3v) is 3.74. The minimum Gasteiger partial charge on any atom is -0.491 e. The number of alkyl halides is 3. The molecule has 0 bridgehead atoms. The number of rotatable bonds is 6. The molecule has 2 heterocycles. The van der Waals surface area contributed by atoms with E-state index in [-0.39, 0.29) is 23.5 Å². The molecule has 0 unspecified atom stereocenters. The van der Waals surface area contributed by atoms with Gasteiger partial charge in [-0.3, -0.25) is 0 Å². The van der Waals surface area contributed by atoms with Gasteiger partial charge in [0.1, 0.15) is 11.6 Å². The molecular weight excluding hydrogens is 343 g/mol. The van der Waals surface area contributed by atoms with E-state index < -0.39 is 11.9 Å². The predicted octanol–water partition coefficient (Wildman–Crippen LogP) is 5.32. The van der Waals surface area contributed by atoms with Crippen LogP contribution in [0.4, 0.5) is 13.2 Å². The number of hydrogen-bond acceptors (Lipinski definition) is 4. The summed E-state index contributed by atoms with van der Waals surface area (Å²) in [4.78, 5) is 11.9. The SMILES string of the molecule is Cc1nccc(-c2ccc(OCC(C)(C)CC(C)C)c(C(F)(F)F)n2)n1. The number of nitrogens with zero attached hydrogens (tertiary/aromatic N) is 3. The molecule has 0 aliphatic heterocycles. The van der Waals surface area contributed by atoms with E-state index in [1.165, 1.54) is 24.4 Å². The van der Waals surface area contributed by atoms with Crippen molar-refractivity contribution < 1.29 is 17.9 Å². The molecule has 0 aliphatic carbocycles. The molecule has 0 radical (unpaired) electrons. The molecule has 0 N–H and O–H groups in total. The Kier molecular flexibility index (Phi) is 5.88. The van der Waals surface area contributed by atoms with Crippen LogP contribution in [-0.2, 0) is 6.18 Å². The van der Waals surface area contributed by atoms with Gasteiger partial charge < -0.3 is 4.74 Å². The highest BCUT2D eigenvalue weighted by Gasteiger charge is 2.37. The Morgan fingerprint density at radius 3 is 2.27 bits per heavy atom. The first-order chi connectivity index (χ1) is 12.0. The van der Waals surface area contributed by atoms with E-state index in [4.69, 9.17) is 4.74 Å². The van der Waals surface area contributed by atoms with Gasteiger partial charge in [0, 0.05) is 6.20 Å². The van der Waals surface area contributed by atoms with Crippen LogP contribution in [0.3, 0.4) is 0 Å². The van der Waals surface area contributed by atoms with Gasteiger partial charge in [-0.15, -0.1) is 0 Å². The van der Waals surface area contributed by atoms with E-state index in [1.54, 1.807) is 6.92 Å². The van der Waals surface area contributed by atoms with Crippen LogP contribution in [0.5, 0.6) is 5.75 Å². The molecule has 0 fully saturated rings. The largest absolute Gasteiger partial charge is 0.491 e. The van der Waals surface area contributed by atoms with E-state index in [2.05, 4.69) is 28.8 Å². The Balaban J connectivity index is 2.32. The van der Waals surface area contributed by atoms with Gasteiger partial charge in [-0.2, -0.15) is 13.2 Å². The molecule has 0 spiro atoms. The highest BCUT2D eigenvalue weighted by Crippen LogP contribution is 2.37. The molecule has 0 aliphatic rings. The molecule has 26 heavy (non-hydrogen) atoms. The zero-order valence-corrected chi connectivity index (χ0v) is 15.7. The van der Waals surface area contributed by atoms with E-state index >= 15 is 0 Å². The predicted molar refractivity (Wildman–Crippen MR) is 93.7 cm³/mol. The molecule has 4 nitrogen and oxygen atoms in total. The van der Waals surface area contributed by atoms with Crippen LogP contribution in [0.1, 0.15) is 45.6 Å². The second-order valence-electron chi connectivity index (χ2n) is 7.58. The maximum Gasteiger partial charge on any atom is 0.437 e. The summed E-state index contributed by atoms with van der Waals surface area (Å²) in [5.74, 6) is 0.634. The number of aromatic nitrogens is 3. The fourth-order valence-electron chi connectivity index (χ4n) is 2.94. The Bertz CT molecular complexity index is 758. The van der Waals surface area contributed by atoms with Gasteiger partial charge in [0.15, 0.2) is 5.69 Å². The quantitative estimate of drug-likeness (QED) is 0.693. The van der Waals surface area contributed by atoms with Crippen molar-refractivity contribution in [1.82, 2.24) is 15.0 Å². The number of ether oxygens (including phenoxy) is 1. The van der Waals surface area contributed by atoms with Crippen LogP contribution in [0.2, 0.25) is 0 Å². The molecule has 2 aromatic heterocycles. The Hall–Kier alpha value is -2.18. The van der Waals surface area contributed by atoms with Crippen molar-refractivity contribution in [2.45, 2.75) is 47.2 Å². The van der Waals surface area contributed by atoms with Gasteiger partial charge in [-0.05, 0) is 42.9 Å². The first kappa shape index (κ1) is 20.1. The van der Waals surface area contributed by atoms with Crippen molar-refractivity contribution in [3.8, 4) is 17.1 Å². The second-order valence-corrected chi connectivity index (χ2v) is 7.58. The Morgan fingerprint density at radius 2 is 1.69 bits per heavy atom. The van der Waals surface area contributed by atoms with Gasteiger partial charge in [0.25, 0.3) is 0 Å². The molecule has 0 saturated heterocycles. The van der Waals surface area contributed by atoms with Crippen molar-refractivity contribution in [2.75, 3.05) is 6.61 Å². The van der Waals surface area contributed by atoms with Crippen LogP contribution < -0.4 is 4.74 Å². The molecule has 2 aromatic rings. The average Bonchev–Trinajstić information content (AvgIpc) is 2.51. The van der Waals surface area contributed by atoms with Crippen molar-refractivity contribution >= 4 is 0 Å². The van der Waals surface area contributed by atoms with Crippen molar-refractivity contribution in [2.24, 2.45) is 11.3 Å². The van der Waals surface area contributed by atoms with E-state index in [1.807, 2.05) is 13.8 Å². The third-order valence-electron chi connectivity index (χ3n) is 3.74. The highest BCUT2D eigenvalue weighted by atomic mass is 19.4. The summed E-state index contributed by atoms with van der Waals surface area (Å²) in [5.41, 5.74) is -0.794. The van der Waals surface area contributed by atoms with Gasteiger partial charge in [-0.25, -0.2) is 15.0 Å². The summed E-state index contributed by atoms with van der Waals surface area (Å²) < 4.78 is 46.0. The van der Waals surface area contributed by atoms with E-state index in [9.17, 15) is 13.2 Å². The van der Waals surface area contributed by atoms with Crippen LogP contribution >= 0.6 is 0 Å². The third kappa shape index (κ3) is 5.41. The molecule has 142 valence electrons. The molecule has 2 rings (SSSR count). The van der Waals surface area contributed by atoms with Crippen molar-refractivity contribution in [3.05, 3.63) is 35.9 Å². The van der Waals surface area contributed by atoms with E-state index in [0.29, 0.717) is 17.4 Å². The normalized spacial score (nSPS) is 12.5. The molecule has 0 saturated carbocycles. The monoisotopic (exact) mass is 367 g/mol. The van der Waals surface area contributed by atoms with Gasteiger partial charge >= 0.3 is 6.18 Å². The summed E-state index contributed by atoms with van der Waals surface area (Å²) in [6.07, 6.45) is -2.28. The fourth-order valence-corrected chi connectivity index (χ4v) is 2.94. The summed E-state index contributed by atoms with van der Waals surface area (Å²) in [6, 6.07) is 4.33. The molecule has 0 aromatic carbocycles. The lowest BCUT2D eigenvalue weighted by Crippen LogP contribution is -2.24. The van der Waals surface area contributed by atoms with E-state index in [0.717, 1.165) is 6.42 Å². The summed E-state index contributed by atoms with van der Waals surface area (Å²) >= 11 is 0. The maximum atomic E-state index is 13.5. The lowest BCUT2D eigenvalue weighted by molar-refractivity contribution is -0.142. The van der Waals surface area contributed by atoms with Crippen molar-refractivity contribution in [3.63, 3.8) is 0 Å². The maximum absolute atomic E-state index is 13.5. The fraction of sp³-hybridized carbons (Fsp3) is 0.526. The van der Waals surface area contributed by atoms with Crippen LogP contribution in [-0.4, -0.2) is 21.6 Å². The topological polar surface area (TPSA) is 47.9 Å². The smallest absolute Gasteiger partial charge is 0.437 e. The number of halogens is 3. The zero-order valence-electron chi connectivity index (χ0n) is 15.7. The number of pyridine rings is 1. The molecule has 7 heteroatoms. The summed E-state index contributed by atoms with van der Waals surface area (Å²) in [6.45, 7) is 9.95. The second kappa shape index (κ2) is 7.60. The first-order valence-electron chi connectivity index (χ1n) is 8.49. The van der Waals surface area contributed by atoms with Crippen LogP contribution in [0.25, 0.3) is 11.4 Å². The lowest BCUT2D eigenvalue weighted by Gasteiger charge is -2.27. The number of aryl methyl sites for hydroxylation is 1. The van der Waals surface area contributed by atoms with Crippen LogP contribution in [0, 0.1) is 18.3 Å². The standard InChI is InChI=1S/C19H24F3N3O/c1-12(2)10-18(4,5)11-26-16-7-6-14(25-17(16)19(20,21)22)15-8-9-23-13(3)24-15/h6-9,12H,10-11H2,1-5H3. The zero-order chi connectivity index (χ0) is 19.5. The average molecular weight is 367 g/mol.